The molecule has 1 heterocycles. The Kier molecular flexibility index (Phi) is 3.29. The lowest BCUT2D eigenvalue weighted by Crippen LogP contribution is -2.25. The van der Waals surface area contributed by atoms with E-state index in [0.29, 0.717) is 22.9 Å². The Morgan fingerprint density at radius 3 is 3.06 bits per heavy atom. The fourth-order valence-electron chi connectivity index (χ4n) is 1.52. The lowest BCUT2D eigenvalue weighted by Gasteiger charge is -2.06. The average molecular weight is 240 g/mol. The van der Waals surface area contributed by atoms with Crippen LogP contribution in [0.1, 0.15) is 29.6 Å². The van der Waals surface area contributed by atoms with Gasteiger partial charge in [0, 0.05) is 12.7 Å². The third-order valence-corrected chi connectivity index (χ3v) is 2.96. The predicted molar refractivity (Wildman–Crippen MR) is 63.3 cm³/mol. The van der Waals surface area contributed by atoms with Gasteiger partial charge in [-0.3, -0.25) is 4.79 Å². The first-order valence-electron chi connectivity index (χ1n) is 5.36. The van der Waals surface area contributed by atoms with Gasteiger partial charge in [-0.2, -0.15) is 0 Å². The second-order valence-electron chi connectivity index (χ2n) is 4.08. The molecule has 1 aliphatic rings. The molecule has 1 fully saturated rings. The molecule has 0 unspecified atom stereocenters. The van der Waals surface area contributed by atoms with Crippen molar-refractivity contribution in [3.63, 3.8) is 0 Å². The molecule has 1 aromatic heterocycles. The fourth-order valence-corrected chi connectivity index (χ4v) is 1.71. The number of nitrogens with one attached hydrogen (secondary N) is 1. The van der Waals surface area contributed by atoms with Crippen LogP contribution in [0.2, 0.25) is 5.02 Å². The van der Waals surface area contributed by atoms with Crippen LogP contribution in [0.5, 0.6) is 0 Å². The number of rotatable bonds is 4. The molecule has 1 aromatic rings. The summed E-state index contributed by atoms with van der Waals surface area (Å²) in [6.45, 7) is 0.696. The van der Waals surface area contributed by atoms with Gasteiger partial charge in [-0.15, -0.1) is 0 Å². The van der Waals surface area contributed by atoms with Crippen LogP contribution in [0.3, 0.4) is 0 Å². The van der Waals surface area contributed by atoms with E-state index in [2.05, 4.69) is 10.3 Å². The maximum absolute atomic E-state index is 11.7. The van der Waals surface area contributed by atoms with Gasteiger partial charge in [0.25, 0.3) is 5.91 Å². The number of amides is 1. The summed E-state index contributed by atoms with van der Waals surface area (Å²) in [7, 11) is 0. The first-order chi connectivity index (χ1) is 7.66. The van der Waals surface area contributed by atoms with E-state index in [-0.39, 0.29) is 5.91 Å². The van der Waals surface area contributed by atoms with Crippen LogP contribution >= 0.6 is 11.6 Å². The molecule has 0 aliphatic heterocycles. The minimum Gasteiger partial charge on any atom is -0.384 e. The Labute approximate surface area is 99.2 Å². The van der Waals surface area contributed by atoms with Crippen LogP contribution in [0.15, 0.2) is 12.3 Å². The number of aromatic nitrogens is 1. The summed E-state index contributed by atoms with van der Waals surface area (Å²) in [5, 5.41) is 3.16. The third kappa shape index (κ3) is 2.85. The third-order valence-electron chi connectivity index (χ3n) is 2.66. The zero-order chi connectivity index (χ0) is 11.5. The highest BCUT2D eigenvalue weighted by molar-refractivity contribution is 6.33. The predicted octanol–water partition coefficient (Wildman–Crippen LogP) is 1.85. The molecule has 16 heavy (non-hydrogen) atoms. The van der Waals surface area contributed by atoms with Gasteiger partial charge in [0.15, 0.2) is 0 Å². The molecule has 0 radical (unpaired) electrons. The highest BCUT2D eigenvalue weighted by Gasteiger charge is 2.21. The van der Waals surface area contributed by atoms with Crippen molar-refractivity contribution in [2.45, 2.75) is 19.3 Å². The Bertz CT molecular complexity index is 404. The summed E-state index contributed by atoms with van der Waals surface area (Å²) in [4.78, 5) is 15.5. The van der Waals surface area contributed by atoms with Gasteiger partial charge in [-0.05, 0) is 18.4 Å². The zero-order valence-corrected chi connectivity index (χ0v) is 9.63. The summed E-state index contributed by atoms with van der Waals surface area (Å²) in [5.41, 5.74) is 5.90. The Morgan fingerprint density at radius 1 is 1.62 bits per heavy atom. The number of halogens is 1. The minimum absolute atomic E-state index is 0.181. The number of hydrogen-bond acceptors (Lipinski definition) is 3. The van der Waals surface area contributed by atoms with E-state index in [1.165, 1.54) is 25.1 Å². The molecule has 1 aliphatic carbocycles. The summed E-state index contributed by atoms with van der Waals surface area (Å²) in [5.74, 6) is 0.926. The number of nitrogens with zero attached hydrogens (tertiary/aromatic N) is 1. The van der Waals surface area contributed by atoms with Crippen LogP contribution in [0.4, 0.5) is 5.82 Å². The monoisotopic (exact) mass is 239 g/mol. The van der Waals surface area contributed by atoms with E-state index < -0.39 is 0 Å². The molecule has 1 amide bonds. The van der Waals surface area contributed by atoms with Gasteiger partial charge in [-0.25, -0.2) is 4.98 Å². The molecular weight excluding hydrogens is 226 g/mol. The topological polar surface area (TPSA) is 68.0 Å². The van der Waals surface area contributed by atoms with Gasteiger partial charge in [0.2, 0.25) is 0 Å². The maximum atomic E-state index is 11.7. The highest BCUT2D eigenvalue weighted by atomic mass is 35.5. The molecule has 0 aromatic carbocycles. The van der Waals surface area contributed by atoms with Gasteiger partial charge in [0.05, 0.1) is 10.6 Å². The van der Waals surface area contributed by atoms with Crippen LogP contribution < -0.4 is 11.1 Å². The smallest absolute Gasteiger partial charge is 0.252 e. The number of hydrogen-bond donors (Lipinski definition) is 2. The molecule has 3 N–H and O–H groups in total. The van der Waals surface area contributed by atoms with E-state index >= 15 is 0 Å². The minimum atomic E-state index is -0.181. The SMILES string of the molecule is Nc1cc(C(=O)NCCC2CC2)c(Cl)cn1. The van der Waals surface area contributed by atoms with Crippen molar-refractivity contribution >= 4 is 23.3 Å². The number of nitrogens with two attached hydrogens (primary N) is 1. The molecule has 0 atom stereocenters. The normalized spacial score (nSPS) is 14.8. The fraction of sp³-hybridized carbons (Fsp3) is 0.455. The maximum Gasteiger partial charge on any atom is 0.252 e. The first kappa shape index (κ1) is 11.2. The lowest BCUT2D eigenvalue weighted by molar-refractivity contribution is 0.0953. The molecule has 2 rings (SSSR count). The number of anilines is 1. The largest absolute Gasteiger partial charge is 0.384 e. The van der Waals surface area contributed by atoms with Crippen molar-refractivity contribution in [2.75, 3.05) is 12.3 Å². The van der Waals surface area contributed by atoms with Crippen molar-refractivity contribution < 1.29 is 4.79 Å². The van der Waals surface area contributed by atoms with Crippen molar-refractivity contribution in [1.82, 2.24) is 10.3 Å². The number of pyridine rings is 1. The molecule has 4 nitrogen and oxygen atoms in total. The van der Waals surface area contributed by atoms with Gasteiger partial charge in [-0.1, -0.05) is 24.4 Å². The summed E-state index contributed by atoms with van der Waals surface area (Å²) >= 11 is 5.87. The van der Waals surface area contributed by atoms with E-state index in [1.807, 2.05) is 0 Å². The van der Waals surface area contributed by atoms with Crippen molar-refractivity contribution in [2.24, 2.45) is 5.92 Å². The van der Waals surface area contributed by atoms with Crippen molar-refractivity contribution in [3.05, 3.63) is 22.8 Å². The standard InChI is InChI=1S/C11H14ClN3O/c12-9-6-15-10(13)5-8(9)11(16)14-4-3-7-1-2-7/h5-7H,1-4H2,(H2,13,15)(H,14,16). The zero-order valence-electron chi connectivity index (χ0n) is 8.87. The van der Waals surface area contributed by atoms with Gasteiger partial charge in [0.1, 0.15) is 5.82 Å². The van der Waals surface area contributed by atoms with Crippen LogP contribution in [-0.2, 0) is 0 Å². The summed E-state index contributed by atoms with van der Waals surface area (Å²) < 4.78 is 0. The van der Waals surface area contributed by atoms with E-state index in [4.69, 9.17) is 17.3 Å². The summed E-state index contributed by atoms with van der Waals surface area (Å²) in [6, 6.07) is 1.49. The van der Waals surface area contributed by atoms with E-state index in [0.717, 1.165) is 12.3 Å². The Hall–Kier alpha value is -1.29. The van der Waals surface area contributed by atoms with E-state index in [9.17, 15) is 4.79 Å². The number of carbonyl (C=O) groups excluding carboxylic acids is 1. The van der Waals surface area contributed by atoms with Crippen LogP contribution in [-0.4, -0.2) is 17.4 Å². The van der Waals surface area contributed by atoms with Gasteiger partial charge >= 0.3 is 0 Å². The lowest BCUT2D eigenvalue weighted by atomic mass is 10.2. The number of carbonyl (C=O) groups is 1. The first-order valence-corrected chi connectivity index (χ1v) is 5.74. The molecule has 1 saturated carbocycles. The van der Waals surface area contributed by atoms with Crippen molar-refractivity contribution in [1.29, 1.82) is 0 Å². The average Bonchev–Trinajstić information content (AvgIpc) is 3.05. The van der Waals surface area contributed by atoms with Crippen LogP contribution in [0.25, 0.3) is 0 Å². The molecular formula is C11H14ClN3O. The molecule has 0 spiro atoms. The second kappa shape index (κ2) is 4.70. The van der Waals surface area contributed by atoms with E-state index in [1.54, 1.807) is 0 Å². The number of nitrogen functional groups attached to an aromatic ring is 1. The second-order valence-corrected chi connectivity index (χ2v) is 4.48. The summed E-state index contributed by atoms with van der Waals surface area (Å²) in [6.07, 6.45) is 5.02. The molecule has 5 heteroatoms. The molecule has 86 valence electrons. The molecule has 0 saturated heterocycles. The van der Waals surface area contributed by atoms with Gasteiger partial charge < -0.3 is 11.1 Å². The Balaban J connectivity index is 1.93. The molecule has 0 bridgehead atoms. The Morgan fingerprint density at radius 2 is 2.38 bits per heavy atom. The van der Waals surface area contributed by atoms with Crippen LogP contribution in [0, 0.1) is 5.92 Å². The highest BCUT2D eigenvalue weighted by Crippen LogP contribution is 2.31. The quantitative estimate of drug-likeness (QED) is 0.843. The van der Waals surface area contributed by atoms with Crippen molar-refractivity contribution in [3.8, 4) is 0 Å².